The highest BCUT2D eigenvalue weighted by atomic mass is 16.1. The fourth-order valence-electron chi connectivity index (χ4n) is 3.49. The predicted octanol–water partition coefficient (Wildman–Crippen LogP) is 4.83. The van der Waals surface area contributed by atoms with Gasteiger partial charge in [0.15, 0.2) is 0 Å². The first-order valence-electron chi connectivity index (χ1n) is 10.2. The van der Waals surface area contributed by atoms with Crippen molar-refractivity contribution in [2.75, 3.05) is 23.3 Å². The van der Waals surface area contributed by atoms with Gasteiger partial charge in [0.2, 0.25) is 0 Å². The van der Waals surface area contributed by atoms with Crippen molar-refractivity contribution in [1.82, 2.24) is 15.0 Å². The third-order valence-electron chi connectivity index (χ3n) is 5.22. The lowest BCUT2D eigenvalue weighted by atomic mass is 10.1. The molecule has 0 saturated carbocycles. The van der Waals surface area contributed by atoms with E-state index in [1.165, 1.54) is 5.69 Å². The second-order valence-corrected chi connectivity index (χ2v) is 7.15. The maximum absolute atomic E-state index is 12.5. The molecule has 4 rings (SSSR count). The van der Waals surface area contributed by atoms with Gasteiger partial charge in [-0.15, -0.1) is 10.2 Å². The minimum Gasteiger partial charge on any atom is -0.372 e. The number of hydrogen-bond donors (Lipinski definition) is 1. The van der Waals surface area contributed by atoms with Crippen molar-refractivity contribution in [3.05, 3.63) is 77.9 Å². The SMILES string of the molecule is CCN(CC)c1ccc(-n2nc3cc(C)c(NC(=O)c4ccccc4)cc3n2)cc1. The van der Waals surface area contributed by atoms with Crippen molar-refractivity contribution in [1.29, 1.82) is 0 Å². The Morgan fingerprint density at radius 1 is 0.933 bits per heavy atom. The Balaban J connectivity index is 1.61. The number of hydrogen-bond acceptors (Lipinski definition) is 4. The van der Waals surface area contributed by atoms with Crippen LogP contribution in [0.25, 0.3) is 16.7 Å². The Morgan fingerprint density at radius 3 is 2.20 bits per heavy atom. The number of fused-ring (bicyclic) bond motifs is 1. The largest absolute Gasteiger partial charge is 0.372 e. The fraction of sp³-hybridized carbons (Fsp3) is 0.208. The molecule has 6 heteroatoms. The average Bonchev–Trinajstić information content (AvgIpc) is 3.18. The third-order valence-corrected chi connectivity index (χ3v) is 5.22. The summed E-state index contributed by atoms with van der Waals surface area (Å²) in [6.45, 7) is 8.19. The number of rotatable bonds is 6. The number of carbonyl (C=O) groups excluding carboxylic acids is 1. The van der Waals surface area contributed by atoms with Gasteiger partial charge in [0.25, 0.3) is 5.91 Å². The summed E-state index contributed by atoms with van der Waals surface area (Å²) in [5, 5.41) is 12.2. The van der Waals surface area contributed by atoms with Crippen molar-refractivity contribution in [3.63, 3.8) is 0 Å². The molecule has 4 aromatic rings. The number of nitrogens with one attached hydrogen (secondary N) is 1. The minimum absolute atomic E-state index is 0.141. The van der Waals surface area contributed by atoms with Crippen LogP contribution in [0.4, 0.5) is 11.4 Å². The van der Waals surface area contributed by atoms with Gasteiger partial charge in [-0.1, -0.05) is 18.2 Å². The van der Waals surface area contributed by atoms with E-state index in [9.17, 15) is 4.79 Å². The van der Waals surface area contributed by atoms with Crippen LogP contribution >= 0.6 is 0 Å². The molecule has 0 aliphatic rings. The van der Waals surface area contributed by atoms with Crippen LogP contribution in [-0.2, 0) is 0 Å². The number of benzene rings is 3. The van der Waals surface area contributed by atoms with E-state index in [4.69, 9.17) is 0 Å². The molecule has 0 saturated heterocycles. The Hall–Kier alpha value is -3.67. The van der Waals surface area contributed by atoms with Gasteiger partial charge in [0.05, 0.1) is 5.69 Å². The molecule has 0 atom stereocenters. The summed E-state index contributed by atoms with van der Waals surface area (Å²) in [4.78, 5) is 16.4. The van der Waals surface area contributed by atoms with Crippen molar-refractivity contribution >= 4 is 28.3 Å². The van der Waals surface area contributed by atoms with Crippen LogP contribution in [-0.4, -0.2) is 34.0 Å². The van der Waals surface area contributed by atoms with E-state index >= 15 is 0 Å². The van der Waals surface area contributed by atoms with Gasteiger partial charge in [0, 0.05) is 30.0 Å². The first-order chi connectivity index (χ1) is 14.6. The van der Waals surface area contributed by atoms with E-state index in [1.54, 1.807) is 16.9 Å². The Labute approximate surface area is 176 Å². The molecule has 1 aromatic heterocycles. The molecule has 1 amide bonds. The zero-order valence-corrected chi connectivity index (χ0v) is 17.5. The Kier molecular flexibility index (Phi) is 5.48. The first kappa shape index (κ1) is 19.6. The van der Waals surface area contributed by atoms with E-state index in [-0.39, 0.29) is 5.91 Å². The van der Waals surface area contributed by atoms with Crippen molar-refractivity contribution in [3.8, 4) is 5.69 Å². The van der Waals surface area contributed by atoms with E-state index in [0.717, 1.165) is 41.1 Å². The molecule has 0 aliphatic heterocycles. The molecule has 6 nitrogen and oxygen atoms in total. The average molecular weight is 399 g/mol. The lowest BCUT2D eigenvalue weighted by Gasteiger charge is -2.20. The van der Waals surface area contributed by atoms with Gasteiger partial charge in [0.1, 0.15) is 11.0 Å². The van der Waals surface area contributed by atoms with Gasteiger partial charge >= 0.3 is 0 Å². The molecular formula is C24H25N5O. The summed E-state index contributed by atoms with van der Waals surface area (Å²) in [5.74, 6) is -0.141. The highest BCUT2D eigenvalue weighted by Gasteiger charge is 2.12. The van der Waals surface area contributed by atoms with E-state index in [2.05, 4.69) is 46.4 Å². The van der Waals surface area contributed by atoms with Crippen LogP contribution in [0, 0.1) is 6.92 Å². The lowest BCUT2D eigenvalue weighted by Crippen LogP contribution is -2.21. The van der Waals surface area contributed by atoms with Crippen molar-refractivity contribution < 1.29 is 4.79 Å². The summed E-state index contributed by atoms with van der Waals surface area (Å²) < 4.78 is 0. The topological polar surface area (TPSA) is 63.1 Å². The fourth-order valence-corrected chi connectivity index (χ4v) is 3.49. The van der Waals surface area contributed by atoms with E-state index in [1.807, 2.05) is 49.4 Å². The number of aryl methyl sites for hydroxylation is 1. The highest BCUT2D eigenvalue weighted by Crippen LogP contribution is 2.23. The summed E-state index contributed by atoms with van der Waals surface area (Å²) in [7, 11) is 0. The van der Waals surface area contributed by atoms with Gasteiger partial charge < -0.3 is 10.2 Å². The molecule has 1 heterocycles. The standard InChI is InChI=1S/C24H25N5O/c1-4-28(5-2)19-11-13-20(14-12-19)29-26-22-15-17(3)21(16-23(22)27-29)25-24(30)18-9-7-6-8-10-18/h6-16H,4-5H2,1-3H3,(H,25,30). The van der Waals surface area contributed by atoms with Crippen LogP contribution in [0.5, 0.6) is 0 Å². The van der Waals surface area contributed by atoms with Crippen LogP contribution < -0.4 is 10.2 Å². The Morgan fingerprint density at radius 2 is 1.57 bits per heavy atom. The lowest BCUT2D eigenvalue weighted by molar-refractivity contribution is 0.102. The monoisotopic (exact) mass is 399 g/mol. The van der Waals surface area contributed by atoms with E-state index < -0.39 is 0 Å². The van der Waals surface area contributed by atoms with Crippen molar-refractivity contribution in [2.45, 2.75) is 20.8 Å². The molecular weight excluding hydrogens is 374 g/mol. The van der Waals surface area contributed by atoms with Crippen LogP contribution in [0.3, 0.4) is 0 Å². The normalized spacial score (nSPS) is 10.9. The van der Waals surface area contributed by atoms with Gasteiger partial charge in [-0.05, 0) is 74.9 Å². The van der Waals surface area contributed by atoms with E-state index in [0.29, 0.717) is 5.56 Å². The number of nitrogens with zero attached hydrogens (tertiary/aromatic N) is 4. The first-order valence-corrected chi connectivity index (χ1v) is 10.2. The molecule has 3 aromatic carbocycles. The smallest absolute Gasteiger partial charge is 0.255 e. The molecule has 0 aliphatic carbocycles. The second kappa shape index (κ2) is 8.37. The highest BCUT2D eigenvalue weighted by molar-refractivity contribution is 6.05. The Bertz CT molecular complexity index is 1160. The number of amides is 1. The van der Waals surface area contributed by atoms with Gasteiger partial charge in [-0.3, -0.25) is 4.79 Å². The molecule has 0 unspecified atom stereocenters. The van der Waals surface area contributed by atoms with Crippen molar-refractivity contribution in [2.24, 2.45) is 0 Å². The number of aromatic nitrogens is 3. The summed E-state index contributed by atoms with van der Waals surface area (Å²) in [6.07, 6.45) is 0. The zero-order valence-electron chi connectivity index (χ0n) is 17.5. The predicted molar refractivity (Wildman–Crippen MR) is 122 cm³/mol. The molecule has 1 N–H and O–H groups in total. The number of carbonyl (C=O) groups is 1. The second-order valence-electron chi connectivity index (χ2n) is 7.15. The maximum atomic E-state index is 12.5. The molecule has 0 spiro atoms. The van der Waals surface area contributed by atoms with Crippen LogP contribution in [0.2, 0.25) is 0 Å². The van der Waals surface area contributed by atoms with Gasteiger partial charge in [-0.25, -0.2) is 0 Å². The van der Waals surface area contributed by atoms with Crippen LogP contribution in [0.15, 0.2) is 66.7 Å². The summed E-state index contributed by atoms with van der Waals surface area (Å²) >= 11 is 0. The van der Waals surface area contributed by atoms with Gasteiger partial charge in [-0.2, -0.15) is 4.80 Å². The van der Waals surface area contributed by atoms with Crippen LogP contribution in [0.1, 0.15) is 29.8 Å². The molecule has 152 valence electrons. The summed E-state index contributed by atoms with van der Waals surface area (Å²) in [6, 6.07) is 21.2. The zero-order chi connectivity index (χ0) is 21.1. The third kappa shape index (κ3) is 3.89. The molecule has 0 bridgehead atoms. The molecule has 0 radical (unpaired) electrons. The molecule has 30 heavy (non-hydrogen) atoms. The molecule has 0 fully saturated rings. The maximum Gasteiger partial charge on any atom is 0.255 e. The number of anilines is 2. The summed E-state index contributed by atoms with van der Waals surface area (Å²) in [5.41, 5.74) is 5.90. The minimum atomic E-state index is -0.141. The quantitative estimate of drug-likeness (QED) is 0.505.